The van der Waals surface area contributed by atoms with E-state index in [1.165, 1.54) is 6.33 Å². The molecule has 2 heterocycles. The molecule has 0 saturated heterocycles. The Morgan fingerprint density at radius 3 is 2.70 bits per heavy atom. The monoisotopic (exact) mass is 273 g/mol. The topological polar surface area (TPSA) is 89.0 Å². The Morgan fingerprint density at radius 2 is 1.90 bits per heavy atom. The van der Waals surface area contributed by atoms with Gasteiger partial charge >= 0.3 is 0 Å². The van der Waals surface area contributed by atoms with Gasteiger partial charge in [-0.3, -0.25) is 0 Å². The molecule has 0 unspecified atom stereocenters. The summed E-state index contributed by atoms with van der Waals surface area (Å²) >= 11 is 0. The Labute approximate surface area is 115 Å². The van der Waals surface area contributed by atoms with Gasteiger partial charge in [-0.25, -0.2) is 14.6 Å². The van der Waals surface area contributed by atoms with E-state index in [0.717, 1.165) is 16.6 Å². The zero-order valence-electron chi connectivity index (χ0n) is 10.8. The number of benzene rings is 1. The maximum Gasteiger partial charge on any atom is 0.158 e. The van der Waals surface area contributed by atoms with Crippen molar-refractivity contribution in [3.8, 4) is 11.4 Å². The van der Waals surface area contributed by atoms with Crippen LogP contribution in [-0.4, -0.2) is 47.7 Å². The van der Waals surface area contributed by atoms with Gasteiger partial charge in [0.2, 0.25) is 0 Å². The summed E-state index contributed by atoms with van der Waals surface area (Å²) in [5, 5.41) is 22.1. The van der Waals surface area contributed by atoms with E-state index in [1.54, 1.807) is 11.0 Å². The minimum Gasteiger partial charge on any atom is -0.395 e. The van der Waals surface area contributed by atoms with Crippen molar-refractivity contribution in [1.29, 1.82) is 0 Å². The molecule has 0 aliphatic heterocycles. The maximum absolute atomic E-state index is 9.02. The molecule has 0 aliphatic carbocycles. The van der Waals surface area contributed by atoms with Gasteiger partial charge in [0.15, 0.2) is 5.82 Å². The smallest absolute Gasteiger partial charge is 0.158 e. The lowest BCUT2D eigenvalue weighted by Crippen LogP contribution is -2.06. The highest BCUT2D eigenvalue weighted by atomic mass is 16.3. The number of aliphatic hydroxyl groups is 2. The van der Waals surface area contributed by atoms with Gasteiger partial charge < -0.3 is 14.8 Å². The van der Waals surface area contributed by atoms with Crippen LogP contribution >= 0.6 is 0 Å². The van der Waals surface area contributed by atoms with Crippen LogP contribution in [0.5, 0.6) is 0 Å². The van der Waals surface area contributed by atoms with Crippen LogP contribution in [0.3, 0.4) is 0 Å². The highest BCUT2D eigenvalue weighted by molar-refractivity contribution is 5.80. The fraction of sp³-hybridized carbons (Fsp3) is 0.308. The molecule has 0 saturated carbocycles. The second kappa shape index (κ2) is 5.40. The van der Waals surface area contributed by atoms with Crippen molar-refractivity contribution in [2.75, 3.05) is 13.2 Å². The maximum atomic E-state index is 9.02. The minimum absolute atomic E-state index is 0.0176. The van der Waals surface area contributed by atoms with Gasteiger partial charge in [-0.15, -0.1) is 0 Å². The van der Waals surface area contributed by atoms with Crippen molar-refractivity contribution < 1.29 is 10.2 Å². The molecule has 0 radical (unpaired) electrons. The Morgan fingerprint density at radius 1 is 1.05 bits per heavy atom. The summed E-state index contributed by atoms with van der Waals surface area (Å²) in [6.07, 6.45) is 3.18. The predicted octanol–water partition coefficient (Wildman–Crippen LogP) is 0.279. The van der Waals surface area contributed by atoms with Gasteiger partial charge in [-0.05, 0) is 18.2 Å². The van der Waals surface area contributed by atoms with Crippen LogP contribution in [0.15, 0.2) is 30.9 Å². The Bertz CT molecular complexity index is 718. The molecular formula is C13H15N5O2. The molecule has 20 heavy (non-hydrogen) atoms. The molecule has 104 valence electrons. The van der Waals surface area contributed by atoms with Crippen molar-refractivity contribution in [3.05, 3.63) is 30.9 Å². The summed E-state index contributed by atoms with van der Waals surface area (Å²) in [6, 6.07) is 5.82. The van der Waals surface area contributed by atoms with Crippen LogP contribution in [0.1, 0.15) is 0 Å². The standard InChI is InChI=1S/C13H15N5O2/c19-5-3-17-9-15-11-7-10(1-2-12(11)17)13-14-8-16-18(13)4-6-20/h1-2,7-9,19-20H,3-6H2. The number of fused-ring (bicyclic) bond motifs is 1. The molecule has 2 N–H and O–H groups in total. The van der Waals surface area contributed by atoms with Crippen LogP contribution in [0.2, 0.25) is 0 Å². The molecule has 7 heteroatoms. The third kappa shape index (κ3) is 2.17. The minimum atomic E-state index is 0.0176. The van der Waals surface area contributed by atoms with Gasteiger partial charge in [-0.1, -0.05) is 0 Å². The molecule has 0 fully saturated rings. The van der Waals surface area contributed by atoms with Crippen molar-refractivity contribution in [2.45, 2.75) is 13.1 Å². The SMILES string of the molecule is OCCn1ncnc1-c1ccc2c(c1)ncn2CCO. The lowest BCUT2D eigenvalue weighted by molar-refractivity contribution is 0.270. The fourth-order valence-electron chi connectivity index (χ4n) is 2.23. The van der Waals surface area contributed by atoms with Gasteiger partial charge in [0, 0.05) is 12.1 Å². The third-order valence-corrected chi connectivity index (χ3v) is 3.15. The van der Waals surface area contributed by atoms with Gasteiger partial charge in [-0.2, -0.15) is 5.10 Å². The second-order valence-corrected chi connectivity index (χ2v) is 4.40. The zero-order valence-corrected chi connectivity index (χ0v) is 10.8. The Hall–Kier alpha value is -2.25. The zero-order chi connectivity index (χ0) is 13.9. The average Bonchev–Trinajstić information content (AvgIpc) is 3.07. The van der Waals surface area contributed by atoms with E-state index in [2.05, 4.69) is 15.1 Å². The van der Waals surface area contributed by atoms with Crippen molar-refractivity contribution in [1.82, 2.24) is 24.3 Å². The summed E-state index contributed by atoms with van der Waals surface area (Å²) in [5.74, 6) is 0.706. The molecule has 0 spiro atoms. The normalized spacial score (nSPS) is 11.3. The second-order valence-electron chi connectivity index (χ2n) is 4.40. The lowest BCUT2D eigenvalue weighted by Gasteiger charge is -2.05. The van der Waals surface area contributed by atoms with Crippen LogP contribution < -0.4 is 0 Å². The number of rotatable bonds is 5. The molecule has 2 aromatic heterocycles. The first kappa shape index (κ1) is 12.8. The molecular weight excluding hydrogens is 258 g/mol. The molecule has 0 bridgehead atoms. The molecule has 3 rings (SSSR count). The number of nitrogens with zero attached hydrogens (tertiary/aromatic N) is 5. The molecule has 3 aromatic rings. The molecule has 0 atom stereocenters. The van der Waals surface area contributed by atoms with Crippen LogP contribution in [0, 0.1) is 0 Å². The van der Waals surface area contributed by atoms with E-state index in [0.29, 0.717) is 18.9 Å². The summed E-state index contributed by atoms with van der Waals surface area (Å²) in [6.45, 7) is 1.03. The molecule has 0 amide bonds. The van der Waals surface area contributed by atoms with Gasteiger partial charge in [0.25, 0.3) is 0 Å². The van der Waals surface area contributed by atoms with Crippen LogP contribution in [0.25, 0.3) is 22.4 Å². The third-order valence-electron chi connectivity index (χ3n) is 3.15. The number of hydrogen-bond acceptors (Lipinski definition) is 5. The van der Waals surface area contributed by atoms with E-state index >= 15 is 0 Å². The van der Waals surface area contributed by atoms with E-state index in [9.17, 15) is 0 Å². The van der Waals surface area contributed by atoms with Crippen LogP contribution in [0.4, 0.5) is 0 Å². The predicted molar refractivity (Wildman–Crippen MR) is 72.9 cm³/mol. The van der Waals surface area contributed by atoms with Crippen molar-refractivity contribution in [3.63, 3.8) is 0 Å². The molecule has 7 nitrogen and oxygen atoms in total. The largest absolute Gasteiger partial charge is 0.395 e. The van der Waals surface area contributed by atoms with E-state index in [4.69, 9.17) is 10.2 Å². The quantitative estimate of drug-likeness (QED) is 0.697. The summed E-state index contributed by atoms with van der Waals surface area (Å²) in [7, 11) is 0. The highest BCUT2D eigenvalue weighted by Crippen LogP contribution is 2.22. The van der Waals surface area contributed by atoms with Crippen molar-refractivity contribution >= 4 is 11.0 Å². The highest BCUT2D eigenvalue weighted by Gasteiger charge is 2.09. The van der Waals surface area contributed by atoms with Gasteiger partial charge in [0.05, 0.1) is 37.1 Å². The summed E-state index contributed by atoms with van der Waals surface area (Å²) in [5.41, 5.74) is 2.71. The molecule has 1 aromatic carbocycles. The first-order chi connectivity index (χ1) is 9.83. The molecule has 0 aliphatic rings. The van der Waals surface area contributed by atoms with E-state index < -0.39 is 0 Å². The average molecular weight is 273 g/mol. The Balaban J connectivity index is 2.02. The number of aliphatic hydroxyl groups excluding tert-OH is 2. The first-order valence-electron chi connectivity index (χ1n) is 6.38. The first-order valence-corrected chi connectivity index (χ1v) is 6.38. The van der Waals surface area contributed by atoms with E-state index in [1.807, 2.05) is 22.8 Å². The van der Waals surface area contributed by atoms with Crippen LogP contribution in [-0.2, 0) is 13.1 Å². The summed E-state index contributed by atoms with van der Waals surface area (Å²) < 4.78 is 3.56. The van der Waals surface area contributed by atoms with Gasteiger partial charge in [0.1, 0.15) is 6.33 Å². The van der Waals surface area contributed by atoms with E-state index in [-0.39, 0.29) is 13.2 Å². The fourth-order valence-corrected chi connectivity index (χ4v) is 2.23. The Kier molecular flexibility index (Phi) is 3.44. The lowest BCUT2D eigenvalue weighted by atomic mass is 10.2. The number of aromatic nitrogens is 5. The number of hydrogen-bond donors (Lipinski definition) is 2. The van der Waals surface area contributed by atoms with Crippen molar-refractivity contribution in [2.24, 2.45) is 0 Å². The number of imidazole rings is 1. The summed E-state index contributed by atoms with van der Waals surface area (Å²) in [4.78, 5) is 8.55.